The van der Waals surface area contributed by atoms with Gasteiger partial charge >= 0.3 is 5.97 Å². The highest BCUT2D eigenvalue weighted by Gasteiger charge is 2.20. The van der Waals surface area contributed by atoms with Gasteiger partial charge in [-0.3, -0.25) is 14.2 Å². The number of carboxylic acids is 1. The van der Waals surface area contributed by atoms with Gasteiger partial charge in [0.15, 0.2) is 0 Å². The Morgan fingerprint density at radius 1 is 1.43 bits per heavy atom. The quantitative estimate of drug-likeness (QED) is 0.830. The maximum atomic E-state index is 12.5. The molecule has 0 fully saturated rings. The van der Waals surface area contributed by atoms with E-state index in [0.29, 0.717) is 23.1 Å². The average molecular weight is 337 g/mol. The largest absolute Gasteiger partial charge is 0.480 e. The van der Waals surface area contributed by atoms with E-state index in [2.05, 4.69) is 10.3 Å². The number of carbonyl (C=O) groups excluding carboxylic acids is 1. The van der Waals surface area contributed by atoms with Crippen molar-refractivity contribution in [3.05, 3.63) is 27.1 Å². The minimum atomic E-state index is -1.08. The molecule has 1 unspecified atom stereocenters. The van der Waals surface area contributed by atoms with Crippen molar-refractivity contribution in [3.8, 4) is 0 Å². The summed E-state index contributed by atoms with van der Waals surface area (Å²) in [6.07, 6.45) is 2.31. The number of aryl methyl sites for hydroxylation is 2. The van der Waals surface area contributed by atoms with Crippen LogP contribution in [-0.2, 0) is 16.1 Å². The predicted octanol–water partition coefficient (Wildman–Crippen LogP) is 1.44. The molecule has 0 spiro atoms. The van der Waals surface area contributed by atoms with Crippen LogP contribution in [0.15, 0.2) is 11.1 Å². The Morgan fingerprint density at radius 2 is 2.13 bits per heavy atom. The van der Waals surface area contributed by atoms with Crippen LogP contribution in [0, 0.1) is 13.8 Å². The van der Waals surface area contributed by atoms with Crippen molar-refractivity contribution >= 4 is 33.4 Å². The van der Waals surface area contributed by atoms with Crippen LogP contribution >= 0.6 is 11.3 Å². The van der Waals surface area contributed by atoms with Crippen LogP contribution in [0.25, 0.3) is 10.2 Å². The first-order chi connectivity index (χ1) is 10.8. The highest BCUT2D eigenvalue weighted by molar-refractivity contribution is 7.18. The van der Waals surface area contributed by atoms with Crippen LogP contribution in [0.1, 0.15) is 30.2 Å². The molecule has 2 aromatic rings. The molecule has 0 aliphatic heterocycles. The number of nitrogens with zero attached hydrogens (tertiary/aromatic N) is 2. The van der Waals surface area contributed by atoms with Gasteiger partial charge in [0.2, 0.25) is 5.91 Å². The summed E-state index contributed by atoms with van der Waals surface area (Å²) in [6.45, 7) is 5.36. The Hall–Kier alpha value is -2.22. The molecule has 2 aromatic heterocycles. The van der Waals surface area contributed by atoms with E-state index in [4.69, 9.17) is 5.11 Å². The summed E-state index contributed by atoms with van der Waals surface area (Å²) in [5.74, 6) is -1.59. The van der Waals surface area contributed by atoms with Gasteiger partial charge in [0.1, 0.15) is 17.4 Å². The molecular weight excluding hydrogens is 318 g/mol. The van der Waals surface area contributed by atoms with Crippen molar-refractivity contribution in [2.75, 3.05) is 0 Å². The lowest BCUT2D eigenvalue weighted by molar-refractivity contribution is -0.142. The summed E-state index contributed by atoms with van der Waals surface area (Å²) in [5, 5.41) is 12.0. The van der Waals surface area contributed by atoms with Crippen LogP contribution < -0.4 is 10.9 Å². The van der Waals surface area contributed by atoms with Crippen molar-refractivity contribution in [3.63, 3.8) is 0 Å². The molecule has 0 saturated carbocycles. The Morgan fingerprint density at radius 3 is 2.74 bits per heavy atom. The van der Waals surface area contributed by atoms with Crippen molar-refractivity contribution in [2.45, 2.75) is 46.2 Å². The molecule has 23 heavy (non-hydrogen) atoms. The summed E-state index contributed by atoms with van der Waals surface area (Å²) in [4.78, 5) is 41.4. The van der Waals surface area contributed by atoms with Gasteiger partial charge in [0, 0.05) is 4.88 Å². The van der Waals surface area contributed by atoms with Crippen LogP contribution in [0.2, 0.25) is 0 Å². The molecule has 8 heteroatoms. The maximum absolute atomic E-state index is 12.5. The van der Waals surface area contributed by atoms with Gasteiger partial charge in [-0.25, -0.2) is 9.78 Å². The summed E-state index contributed by atoms with van der Waals surface area (Å²) in [6, 6.07) is -0.940. The number of aromatic nitrogens is 2. The smallest absolute Gasteiger partial charge is 0.326 e. The number of aliphatic carboxylic acids is 1. The second kappa shape index (κ2) is 6.91. The lowest BCUT2D eigenvalue weighted by Gasteiger charge is -2.14. The molecule has 2 rings (SSSR count). The zero-order chi connectivity index (χ0) is 17.1. The topological polar surface area (TPSA) is 101 Å². The molecule has 0 saturated heterocycles. The first-order valence-corrected chi connectivity index (χ1v) is 8.14. The molecule has 124 valence electrons. The number of amides is 1. The van der Waals surface area contributed by atoms with E-state index >= 15 is 0 Å². The fraction of sp³-hybridized carbons (Fsp3) is 0.467. The number of thiophene rings is 1. The lowest BCUT2D eigenvalue weighted by Crippen LogP contribution is -2.43. The molecule has 0 aliphatic rings. The zero-order valence-corrected chi connectivity index (χ0v) is 14.1. The number of hydrogen-bond acceptors (Lipinski definition) is 5. The Balaban J connectivity index is 2.23. The van der Waals surface area contributed by atoms with E-state index in [1.165, 1.54) is 22.2 Å². The zero-order valence-electron chi connectivity index (χ0n) is 13.3. The van der Waals surface area contributed by atoms with E-state index in [0.717, 1.165) is 10.4 Å². The van der Waals surface area contributed by atoms with E-state index in [1.807, 2.05) is 20.8 Å². The molecule has 2 heterocycles. The highest BCUT2D eigenvalue weighted by Crippen LogP contribution is 2.25. The van der Waals surface area contributed by atoms with Crippen LogP contribution in [0.4, 0.5) is 0 Å². The van der Waals surface area contributed by atoms with Gasteiger partial charge in [0.25, 0.3) is 5.56 Å². The summed E-state index contributed by atoms with van der Waals surface area (Å²) in [5.41, 5.74) is 0.584. The Labute approximate surface area is 137 Å². The number of carboxylic acid groups (broad SMARTS) is 1. The van der Waals surface area contributed by atoms with E-state index in [1.54, 1.807) is 0 Å². The van der Waals surface area contributed by atoms with Gasteiger partial charge in [-0.2, -0.15) is 0 Å². The maximum Gasteiger partial charge on any atom is 0.326 e. The molecule has 7 nitrogen and oxygen atoms in total. The van der Waals surface area contributed by atoms with Gasteiger partial charge < -0.3 is 10.4 Å². The number of hydrogen-bond donors (Lipinski definition) is 2. The average Bonchev–Trinajstić information content (AvgIpc) is 2.77. The fourth-order valence-electron chi connectivity index (χ4n) is 2.32. The number of rotatable bonds is 6. The Kier molecular flexibility index (Phi) is 5.15. The van der Waals surface area contributed by atoms with Crippen molar-refractivity contribution in [1.82, 2.24) is 14.9 Å². The summed E-state index contributed by atoms with van der Waals surface area (Å²) >= 11 is 1.44. The van der Waals surface area contributed by atoms with Crippen molar-refractivity contribution in [2.24, 2.45) is 0 Å². The Bertz CT molecular complexity index is 809. The van der Waals surface area contributed by atoms with Gasteiger partial charge in [0.05, 0.1) is 11.7 Å². The van der Waals surface area contributed by atoms with E-state index in [-0.39, 0.29) is 12.1 Å². The van der Waals surface area contributed by atoms with Crippen LogP contribution in [0.3, 0.4) is 0 Å². The third kappa shape index (κ3) is 3.58. The molecule has 0 aromatic carbocycles. The molecule has 0 aliphatic carbocycles. The van der Waals surface area contributed by atoms with Crippen molar-refractivity contribution < 1.29 is 14.7 Å². The molecular formula is C15H19N3O4S. The number of carbonyl (C=O) groups is 2. The molecule has 1 atom stereocenters. The third-order valence-electron chi connectivity index (χ3n) is 3.68. The predicted molar refractivity (Wildman–Crippen MR) is 87.8 cm³/mol. The monoisotopic (exact) mass is 337 g/mol. The standard InChI is InChI=1S/C15H19N3O4S/c1-4-5-10(15(21)22)17-11(19)6-18-7-16-13-12(14(18)20)8(2)9(3)23-13/h7,10H,4-6H2,1-3H3,(H,17,19)(H,21,22). The minimum Gasteiger partial charge on any atom is -0.480 e. The second-order valence-electron chi connectivity index (χ2n) is 5.39. The second-order valence-corrected chi connectivity index (χ2v) is 6.59. The number of fused-ring (bicyclic) bond motifs is 1. The van der Waals surface area contributed by atoms with Crippen LogP contribution in [0.5, 0.6) is 0 Å². The SMILES string of the molecule is CCCC(NC(=O)Cn1cnc2sc(C)c(C)c2c1=O)C(=O)O. The molecule has 1 amide bonds. The number of nitrogens with one attached hydrogen (secondary N) is 1. The normalized spacial score (nSPS) is 12.3. The first-order valence-electron chi connectivity index (χ1n) is 7.32. The van der Waals surface area contributed by atoms with Crippen molar-refractivity contribution in [1.29, 1.82) is 0 Å². The third-order valence-corrected chi connectivity index (χ3v) is 4.80. The van der Waals surface area contributed by atoms with E-state index < -0.39 is 17.9 Å². The molecule has 2 N–H and O–H groups in total. The van der Waals surface area contributed by atoms with E-state index in [9.17, 15) is 14.4 Å². The fourth-order valence-corrected chi connectivity index (χ4v) is 3.31. The molecule has 0 bridgehead atoms. The summed E-state index contributed by atoms with van der Waals surface area (Å²) < 4.78 is 1.21. The lowest BCUT2D eigenvalue weighted by atomic mass is 10.1. The minimum absolute atomic E-state index is 0.246. The summed E-state index contributed by atoms with van der Waals surface area (Å²) in [7, 11) is 0. The van der Waals surface area contributed by atoms with Gasteiger partial charge in [-0.1, -0.05) is 13.3 Å². The first kappa shape index (κ1) is 17.1. The van der Waals surface area contributed by atoms with Gasteiger partial charge in [-0.05, 0) is 25.8 Å². The molecule has 0 radical (unpaired) electrons. The van der Waals surface area contributed by atoms with Gasteiger partial charge in [-0.15, -0.1) is 11.3 Å². The van der Waals surface area contributed by atoms with Crippen LogP contribution in [-0.4, -0.2) is 32.6 Å². The highest BCUT2D eigenvalue weighted by atomic mass is 32.1.